The topological polar surface area (TPSA) is 32.3 Å². The maximum absolute atomic E-state index is 11.5. The van der Waals surface area contributed by atoms with Gasteiger partial charge in [0.15, 0.2) is 0 Å². The second kappa shape index (κ2) is 5.91. The highest BCUT2D eigenvalue weighted by molar-refractivity contribution is 7.10. The van der Waals surface area contributed by atoms with Crippen LogP contribution in [-0.4, -0.2) is 17.2 Å². The molecule has 2 nitrogen and oxygen atoms in total. The van der Waals surface area contributed by atoms with Gasteiger partial charge in [-0.15, -0.1) is 11.3 Å². The molecule has 2 N–H and O–H groups in total. The van der Waals surface area contributed by atoms with Gasteiger partial charge in [-0.2, -0.15) is 0 Å². The fourth-order valence-corrected chi connectivity index (χ4v) is 4.25. The van der Waals surface area contributed by atoms with Gasteiger partial charge >= 0.3 is 0 Å². The summed E-state index contributed by atoms with van der Waals surface area (Å²) in [6.45, 7) is 4.34. The molecule has 3 heteroatoms. The second-order valence-electron chi connectivity index (χ2n) is 6.26. The average molecular weight is 301 g/mol. The minimum absolute atomic E-state index is 0.337. The number of aliphatic hydroxyl groups is 1. The first-order valence-electron chi connectivity index (χ1n) is 7.70. The van der Waals surface area contributed by atoms with Gasteiger partial charge in [-0.1, -0.05) is 44.2 Å². The molecule has 1 heterocycles. The first-order chi connectivity index (χ1) is 10.1. The predicted octanol–water partition coefficient (Wildman–Crippen LogP) is 3.69. The first kappa shape index (κ1) is 14.8. The van der Waals surface area contributed by atoms with Crippen molar-refractivity contribution in [2.24, 2.45) is 0 Å². The Bertz CT molecular complexity index is 593. The van der Waals surface area contributed by atoms with E-state index in [0.29, 0.717) is 12.1 Å². The van der Waals surface area contributed by atoms with E-state index in [1.54, 1.807) is 11.3 Å². The van der Waals surface area contributed by atoms with Crippen LogP contribution in [-0.2, 0) is 12.0 Å². The molecule has 1 aliphatic carbocycles. The van der Waals surface area contributed by atoms with Crippen LogP contribution in [0.4, 0.5) is 0 Å². The van der Waals surface area contributed by atoms with Gasteiger partial charge in [0.2, 0.25) is 0 Å². The lowest BCUT2D eigenvalue weighted by atomic mass is 9.85. The SMILES string of the molecule is CC(C)N[C@H]1CCc2ccccc2[C@@](O)(c2cccs2)C1. The predicted molar refractivity (Wildman–Crippen MR) is 88.8 cm³/mol. The number of fused-ring (bicyclic) bond motifs is 1. The Morgan fingerprint density at radius 2 is 2.05 bits per heavy atom. The first-order valence-corrected chi connectivity index (χ1v) is 8.58. The monoisotopic (exact) mass is 301 g/mol. The lowest BCUT2D eigenvalue weighted by molar-refractivity contribution is 0.0634. The van der Waals surface area contributed by atoms with Gasteiger partial charge in [0.05, 0.1) is 0 Å². The molecule has 1 aliphatic rings. The molecule has 1 aromatic heterocycles. The molecule has 0 spiro atoms. The van der Waals surface area contributed by atoms with Gasteiger partial charge in [-0.3, -0.25) is 0 Å². The molecule has 0 saturated heterocycles. The number of aryl methyl sites for hydroxylation is 1. The van der Waals surface area contributed by atoms with Gasteiger partial charge < -0.3 is 10.4 Å². The van der Waals surface area contributed by atoms with E-state index in [2.05, 4.69) is 43.4 Å². The fourth-order valence-electron chi connectivity index (χ4n) is 3.40. The number of hydrogen-bond donors (Lipinski definition) is 2. The summed E-state index contributed by atoms with van der Waals surface area (Å²) in [5.41, 5.74) is 1.50. The molecular weight excluding hydrogens is 278 g/mol. The Labute approximate surface area is 130 Å². The maximum Gasteiger partial charge on any atom is 0.125 e. The molecule has 3 rings (SSSR count). The number of rotatable bonds is 3. The molecule has 0 unspecified atom stereocenters. The summed E-state index contributed by atoms with van der Waals surface area (Å²) in [7, 11) is 0. The molecule has 0 saturated carbocycles. The highest BCUT2D eigenvalue weighted by atomic mass is 32.1. The van der Waals surface area contributed by atoms with E-state index in [4.69, 9.17) is 0 Å². The van der Waals surface area contributed by atoms with Crippen molar-refractivity contribution in [1.29, 1.82) is 0 Å². The third-order valence-corrected chi connectivity index (χ3v) is 5.29. The van der Waals surface area contributed by atoms with E-state index in [1.807, 2.05) is 17.5 Å². The Morgan fingerprint density at radius 1 is 1.24 bits per heavy atom. The molecule has 112 valence electrons. The van der Waals surface area contributed by atoms with Crippen LogP contribution in [0.25, 0.3) is 0 Å². The standard InChI is InChI=1S/C18H23NOS/c1-13(2)19-15-10-9-14-6-3-4-7-16(14)18(20,12-15)17-8-5-11-21-17/h3-8,11,13,15,19-20H,9-10,12H2,1-2H3/t15-,18+/m0/s1. The zero-order valence-electron chi connectivity index (χ0n) is 12.7. The van der Waals surface area contributed by atoms with E-state index < -0.39 is 5.60 Å². The van der Waals surface area contributed by atoms with Crippen LogP contribution in [0.2, 0.25) is 0 Å². The molecule has 0 radical (unpaired) electrons. The van der Waals surface area contributed by atoms with Crippen LogP contribution in [0.3, 0.4) is 0 Å². The lowest BCUT2D eigenvalue weighted by Gasteiger charge is -2.31. The van der Waals surface area contributed by atoms with Crippen molar-refractivity contribution >= 4 is 11.3 Å². The second-order valence-corrected chi connectivity index (χ2v) is 7.20. The van der Waals surface area contributed by atoms with Crippen molar-refractivity contribution in [2.75, 3.05) is 0 Å². The molecule has 0 fully saturated rings. The summed E-state index contributed by atoms with van der Waals surface area (Å²) >= 11 is 1.64. The molecule has 1 aromatic carbocycles. The molecule has 2 aromatic rings. The van der Waals surface area contributed by atoms with Crippen molar-refractivity contribution < 1.29 is 5.11 Å². The molecule has 0 bridgehead atoms. The Hall–Kier alpha value is -1.16. The van der Waals surface area contributed by atoms with E-state index in [-0.39, 0.29) is 0 Å². The highest BCUT2D eigenvalue weighted by Crippen LogP contribution is 2.41. The fraction of sp³-hybridized carbons (Fsp3) is 0.444. The van der Waals surface area contributed by atoms with Gasteiger partial charge in [0.1, 0.15) is 5.60 Å². The highest BCUT2D eigenvalue weighted by Gasteiger charge is 2.39. The van der Waals surface area contributed by atoms with Crippen LogP contribution in [0.5, 0.6) is 0 Å². The van der Waals surface area contributed by atoms with Gasteiger partial charge in [-0.05, 0) is 35.4 Å². The molecular formula is C18H23NOS. The summed E-state index contributed by atoms with van der Waals surface area (Å²) in [6.07, 6.45) is 2.83. The summed E-state index contributed by atoms with van der Waals surface area (Å²) in [4.78, 5) is 1.05. The summed E-state index contributed by atoms with van der Waals surface area (Å²) in [5.74, 6) is 0. The van der Waals surface area contributed by atoms with E-state index in [9.17, 15) is 5.11 Å². The van der Waals surface area contributed by atoms with Crippen LogP contribution in [0, 0.1) is 0 Å². The lowest BCUT2D eigenvalue weighted by Crippen LogP contribution is -2.40. The smallest absolute Gasteiger partial charge is 0.125 e. The number of hydrogen-bond acceptors (Lipinski definition) is 3. The van der Waals surface area contributed by atoms with Gasteiger partial charge in [-0.25, -0.2) is 0 Å². The van der Waals surface area contributed by atoms with Crippen LogP contribution < -0.4 is 5.32 Å². The largest absolute Gasteiger partial charge is 0.379 e. The van der Waals surface area contributed by atoms with Crippen LogP contribution >= 0.6 is 11.3 Å². The molecule has 2 atom stereocenters. The maximum atomic E-state index is 11.5. The number of thiophene rings is 1. The van der Waals surface area contributed by atoms with E-state index in [0.717, 1.165) is 29.7 Å². The number of benzene rings is 1. The van der Waals surface area contributed by atoms with Gasteiger partial charge in [0, 0.05) is 23.4 Å². The minimum atomic E-state index is -0.867. The average Bonchev–Trinajstić information content (AvgIpc) is 2.95. The van der Waals surface area contributed by atoms with Crippen LogP contribution in [0.15, 0.2) is 41.8 Å². The Balaban J connectivity index is 2.04. The summed E-state index contributed by atoms with van der Waals surface area (Å²) < 4.78 is 0. The third-order valence-electron chi connectivity index (χ3n) is 4.26. The summed E-state index contributed by atoms with van der Waals surface area (Å²) in [6, 6.07) is 13.2. The van der Waals surface area contributed by atoms with Crippen molar-refractivity contribution in [3.8, 4) is 0 Å². The third kappa shape index (κ3) is 2.91. The molecule has 0 amide bonds. The normalized spacial score (nSPS) is 25.6. The minimum Gasteiger partial charge on any atom is -0.379 e. The van der Waals surface area contributed by atoms with E-state index in [1.165, 1.54) is 5.56 Å². The Kier molecular flexibility index (Phi) is 4.16. The Morgan fingerprint density at radius 3 is 2.76 bits per heavy atom. The summed E-state index contributed by atoms with van der Waals surface area (Å²) in [5, 5.41) is 17.2. The molecule has 21 heavy (non-hydrogen) atoms. The van der Waals surface area contributed by atoms with Crippen molar-refractivity contribution in [3.63, 3.8) is 0 Å². The van der Waals surface area contributed by atoms with Gasteiger partial charge in [0.25, 0.3) is 0 Å². The molecule has 0 aliphatic heterocycles. The zero-order valence-corrected chi connectivity index (χ0v) is 13.5. The van der Waals surface area contributed by atoms with E-state index >= 15 is 0 Å². The van der Waals surface area contributed by atoms with Crippen molar-refractivity contribution in [1.82, 2.24) is 5.32 Å². The van der Waals surface area contributed by atoms with Crippen LogP contribution in [0.1, 0.15) is 42.7 Å². The zero-order chi connectivity index (χ0) is 14.9. The quantitative estimate of drug-likeness (QED) is 0.848. The van der Waals surface area contributed by atoms with Crippen molar-refractivity contribution in [3.05, 3.63) is 57.8 Å². The van der Waals surface area contributed by atoms with Crippen molar-refractivity contribution in [2.45, 2.75) is 50.8 Å². The number of nitrogens with one attached hydrogen (secondary N) is 1.